The lowest BCUT2D eigenvalue weighted by atomic mass is 9.90. The van der Waals surface area contributed by atoms with E-state index in [1.54, 1.807) is 12.1 Å². The zero-order valence-electron chi connectivity index (χ0n) is 11.0. The first-order valence-electron chi connectivity index (χ1n) is 6.70. The Morgan fingerprint density at radius 1 is 1.25 bits per heavy atom. The van der Waals surface area contributed by atoms with Crippen molar-refractivity contribution in [2.75, 3.05) is 13.1 Å². The molecule has 0 bridgehead atoms. The average molecular weight is 294 g/mol. The molecule has 2 saturated heterocycles. The summed E-state index contributed by atoms with van der Waals surface area (Å²) in [5.41, 5.74) is 0.139. The Morgan fingerprint density at radius 2 is 2.00 bits per heavy atom. The summed E-state index contributed by atoms with van der Waals surface area (Å²) in [7, 11) is 0. The number of nitrogens with one attached hydrogen (secondary N) is 2. The van der Waals surface area contributed by atoms with Gasteiger partial charge in [0.2, 0.25) is 0 Å². The van der Waals surface area contributed by atoms with Crippen molar-refractivity contribution in [2.24, 2.45) is 0 Å². The minimum Gasteiger partial charge on any atom is -0.322 e. The van der Waals surface area contributed by atoms with E-state index in [0.29, 0.717) is 18.0 Å². The van der Waals surface area contributed by atoms with Gasteiger partial charge in [0.1, 0.15) is 5.54 Å². The van der Waals surface area contributed by atoms with Crippen LogP contribution in [-0.2, 0) is 11.3 Å². The lowest BCUT2D eigenvalue weighted by molar-refractivity contribution is -0.132. The third-order valence-electron chi connectivity index (χ3n) is 3.88. The fourth-order valence-electron chi connectivity index (χ4n) is 2.79. The predicted molar refractivity (Wildman–Crippen MR) is 75.4 cm³/mol. The van der Waals surface area contributed by atoms with Crippen molar-refractivity contribution in [3.63, 3.8) is 0 Å². The Bertz CT molecular complexity index is 538. The van der Waals surface area contributed by atoms with Crippen LogP contribution < -0.4 is 10.6 Å². The summed E-state index contributed by atoms with van der Waals surface area (Å²) in [5, 5.41) is 6.67. The minimum atomic E-state index is -0.748. The molecule has 1 aromatic carbocycles. The Hall–Kier alpha value is -1.59. The summed E-state index contributed by atoms with van der Waals surface area (Å²) in [4.78, 5) is 25.9. The Labute approximate surface area is 122 Å². The SMILES string of the molecule is O=C1NC2(CCCNC2)C(=O)N1Cc1ccc(Cl)cc1. The van der Waals surface area contributed by atoms with E-state index in [1.807, 2.05) is 12.1 Å². The molecule has 3 rings (SSSR count). The van der Waals surface area contributed by atoms with Gasteiger partial charge < -0.3 is 10.6 Å². The van der Waals surface area contributed by atoms with Crippen LogP contribution in [-0.4, -0.2) is 35.5 Å². The summed E-state index contributed by atoms with van der Waals surface area (Å²) in [5.74, 6) is -0.135. The summed E-state index contributed by atoms with van der Waals surface area (Å²) in [6.45, 7) is 1.68. The predicted octanol–water partition coefficient (Wildman–Crippen LogP) is 1.51. The molecule has 6 heteroatoms. The van der Waals surface area contributed by atoms with Gasteiger partial charge in [-0.25, -0.2) is 4.79 Å². The van der Waals surface area contributed by atoms with E-state index >= 15 is 0 Å². The van der Waals surface area contributed by atoms with Crippen LogP contribution in [0, 0.1) is 0 Å². The summed E-state index contributed by atoms with van der Waals surface area (Å²) in [6.07, 6.45) is 1.59. The fraction of sp³-hybridized carbons (Fsp3) is 0.429. The molecule has 2 heterocycles. The van der Waals surface area contributed by atoms with E-state index in [0.717, 1.165) is 18.5 Å². The van der Waals surface area contributed by atoms with E-state index in [9.17, 15) is 9.59 Å². The van der Waals surface area contributed by atoms with Crippen molar-refractivity contribution in [1.82, 2.24) is 15.5 Å². The number of halogens is 1. The van der Waals surface area contributed by atoms with Crippen LogP contribution >= 0.6 is 11.6 Å². The maximum atomic E-state index is 12.5. The summed E-state index contributed by atoms with van der Waals surface area (Å²) in [6, 6.07) is 6.86. The molecule has 2 fully saturated rings. The number of amides is 3. The molecule has 2 N–H and O–H groups in total. The highest BCUT2D eigenvalue weighted by Gasteiger charge is 2.51. The molecule has 5 nitrogen and oxygen atoms in total. The van der Waals surface area contributed by atoms with Gasteiger partial charge in [0.25, 0.3) is 5.91 Å². The molecule has 0 aliphatic carbocycles. The van der Waals surface area contributed by atoms with Gasteiger partial charge >= 0.3 is 6.03 Å². The molecule has 1 aromatic rings. The number of hydrogen-bond acceptors (Lipinski definition) is 3. The van der Waals surface area contributed by atoms with Crippen LogP contribution in [0.2, 0.25) is 5.02 Å². The molecule has 106 valence electrons. The Balaban J connectivity index is 1.78. The van der Waals surface area contributed by atoms with E-state index in [2.05, 4.69) is 10.6 Å². The summed E-state index contributed by atoms with van der Waals surface area (Å²) >= 11 is 5.83. The number of urea groups is 1. The van der Waals surface area contributed by atoms with E-state index in [1.165, 1.54) is 4.90 Å². The molecule has 2 aliphatic heterocycles. The number of carbonyl (C=O) groups is 2. The first kappa shape index (κ1) is 13.4. The minimum absolute atomic E-state index is 0.135. The van der Waals surface area contributed by atoms with Crippen LogP contribution in [0.1, 0.15) is 18.4 Å². The van der Waals surface area contributed by atoms with Crippen molar-refractivity contribution < 1.29 is 9.59 Å². The second-order valence-electron chi connectivity index (χ2n) is 5.31. The van der Waals surface area contributed by atoms with Crippen LogP contribution in [0.15, 0.2) is 24.3 Å². The molecular weight excluding hydrogens is 278 g/mol. The Kier molecular flexibility index (Phi) is 3.40. The molecule has 1 spiro atoms. The largest absolute Gasteiger partial charge is 0.325 e. The topological polar surface area (TPSA) is 61.4 Å². The van der Waals surface area contributed by atoms with Crippen LogP contribution in [0.25, 0.3) is 0 Å². The maximum absolute atomic E-state index is 12.5. The number of rotatable bonds is 2. The third-order valence-corrected chi connectivity index (χ3v) is 4.14. The van der Waals surface area contributed by atoms with Crippen molar-refractivity contribution in [1.29, 1.82) is 0 Å². The van der Waals surface area contributed by atoms with Gasteiger partial charge in [-0.2, -0.15) is 0 Å². The number of hydrogen-bond donors (Lipinski definition) is 2. The van der Waals surface area contributed by atoms with Crippen LogP contribution in [0.5, 0.6) is 0 Å². The first-order valence-corrected chi connectivity index (χ1v) is 7.08. The standard InChI is InChI=1S/C14H16ClN3O2/c15-11-4-2-10(3-5-11)8-18-12(19)14(17-13(18)20)6-1-7-16-9-14/h2-5,16H,1,6-9H2,(H,17,20). The average Bonchev–Trinajstić information content (AvgIpc) is 2.67. The number of imide groups is 1. The van der Waals surface area contributed by atoms with Gasteiger partial charge in [-0.1, -0.05) is 23.7 Å². The fourth-order valence-corrected chi connectivity index (χ4v) is 2.91. The van der Waals surface area contributed by atoms with E-state index < -0.39 is 5.54 Å². The number of nitrogens with zero attached hydrogens (tertiary/aromatic N) is 1. The molecule has 0 aromatic heterocycles. The molecule has 1 unspecified atom stereocenters. The van der Waals surface area contributed by atoms with Crippen molar-refractivity contribution in [3.05, 3.63) is 34.9 Å². The second kappa shape index (κ2) is 5.07. The van der Waals surface area contributed by atoms with Crippen LogP contribution in [0.3, 0.4) is 0 Å². The maximum Gasteiger partial charge on any atom is 0.325 e. The molecule has 3 amide bonds. The number of carbonyl (C=O) groups excluding carboxylic acids is 2. The quantitative estimate of drug-likeness (QED) is 0.813. The highest BCUT2D eigenvalue weighted by molar-refractivity contribution is 6.30. The highest BCUT2D eigenvalue weighted by Crippen LogP contribution is 2.26. The lowest BCUT2D eigenvalue weighted by Gasteiger charge is -2.31. The van der Waals surface area contributed by atoms with Crippen LogP contribution in [0.4, 0.5) is 4.79 Å². The summed E-state index contributed by atoms with van der Waals surface area (Å²) < 4.78 is 0. The first-order chi connectivity index (χ1) is 9.61. The molecule has 1 atom stereocenters. The van der Waals surface area contributed by atoms with Gasteiger partial charge in [-0.15, -0.1) is 0 Å². The molecule has 2 aliphatic rings. The smallest absolute Gasteiger partial charge is 0.322 e. The van der Waals surface area contributed by atoms with E-state index in [4.69, 9.17) is 11.6 Å². The normalized spacial score (nSPS) is 26.1. The van der Waals surface area contributed by atoms with Gasteiger partial charge in [0.05, 0.1) is 6.54 Å². The Morgan fingerprint density at radius 3 is 2.65 bits per heavy atom. The molecule has 0 saturated carbocycles. The van der Waals surface area contributed by atoms with E-state index in [-0.39, 0.29) is 18.5 Å². The highest BCUT2D eigenvalue weighted by atomic mass is 35.5. The van der Waals surface area contributed by atoms with Gasteiger partial charge in [0.15, 0.2) is 0 Å². The second-order valence-corrected chi connectivity index (χ2v) is 5.75. The van der Waals surface area contributed by atoms with Crippen molar-refractivity contribution in [3.8, 4) is 0 Å². The zero-order valence-corrected chi connectivity index (χ0v) is 11.7. The van der Waals surface area contributed by atoms with Gasteiger partial charge in [-0.3, -0.25) is 9.69 Å². The van der Waals surface area contributed by atoms with Gasteiger partial charge in [0, 0.05) is 11.6 Å². The van der Waals surface area contributed by atoms with Gasteiger partial charge in [-0.05, 0) is 37.1 Å². The monoisotopic (exact) mass is 293 g/mol. The molecular formula is C14H16ClN3O2. The number of benzene rings is 1. The lowest BCUT2D eigenvalue weighted by Crippen LogP contribution is -2.57. The molecule has 0 radical (unpaired) electrons. The molecule has 20 heavy (non-hydrogen) atoms. The van der Waals surface area contributed by atoms with Crippen molar-refractivity contribution in [2.45, 2.75) is 24.9 Å². The zero-order chi connectivity index (χ0) is 14.2. The third kappa shape index (κ3) is 2.27. The van der Waals surface area contributed by atoms with Crippen molar-refractivity contribution >= 4 is 23.5 Å². The number of piperidine rings is 1.